The van der Waals surface area contributed by atoms with Gasteiger partial charge in [0.05, 0.1) is 0 Å². The minimum atomic E-state index is -0.552. The van der Waals surface area contributed by atoms with Crippen molar-refractivity contribution in [3.8, 4) is 5.75 Å². The van der Waals surface area contributed by atoms with Gasteiger partial charge in [-0.05, 0) is 50.1 Å². The molecule has 0 spiro atoms. The smallest absolute Gasteiger partial charge is 0.331 e. The molecule has 0 radical (unpaired) electrons. The molecular weight excluding hydrogens is 316 g/mol. The van der Waals surface area contributed by atoms with Crippen molar-refractivity contribution >= 4 is 18.3 Å². The molecule has 130 valence electrons. The first-order valence-electron chi connectivity index (χ1n) is 8.04. The predicted octanol–water partition coefficient (Wildman–Crippen LogP) is 4.43. The summed E-state index contributed by atoms with van der Waals surface area (Å²) in [6.45, 7) is 5.82. The van der Waals surface area contributed by atoms with Gasteiger partial charge in [0.2, 0.25) is 0 Å². The topological polar surface area (TPSA) is 52.6 Å². The molecule has 4 nitrogen and oxygen atoms in total. The maximum absolute atomic E-state index is 11.7. The van der Waals surface area contributed by atoms with E-state index < -0.39 is 11.6 Å². The minimum Gasteiger partial charge on any atom is -0.489 e. The van der Waals surface area contributed by atoms with Crippen molar-refractivity contribution in [1.29, 1.82) is 0 Å². The van der Waals surface area contributed by atoms with Crippen molar-refractivity contribution in [2.75, 3.05) is 0 Å². The highest BCUT2D eigenvalue weighted by Crippen LogP contribution is 2.19. The lowest BCUT2D eigenvalue weighted by atomic mass is 10.1. The summed E-state index contributed by atoms with van der Waals surface area (Å²) >= 11 is 0. The summed E-state index contributed by atoms with van der Waals surface area (Å²) in [5.41, 5.74) is 1.58. The molecule has 0 N–H and O–H groups in total. The second-order valence-electron chi connectivity index (χ2n) is 6.55. The van der Waals surface area contributed by atoms with E-state index in [-0.39, 0.29) is 0 Å². The summed E-state index contributed by atoms with van der Waals surface area (Å²) in [6, 6.07) is 14.9. The Kier molecular flexibility index (Phi) is 6.12. The van der Waals surface area contributed by atoms with Gasteiger partial charge in [0.15, 0.2) is 6.29 Å². The molecule has 0 saturated carbocycles. The van der Waals surface area contributed by atoms with Crippen LogP contribution in [0, 0.1) is 0 Å². The summed E-state index contributed by atoms with van der Waals surface area (Å²) in [4.78, 5) is 23.1. The van der Waals surface area contributed by atoms with Gasteiger partial charge < -0.3 is 9.47 Å². The monoisotopic (exact) mass is 338 g/mol. The van der Waals surface area contributed by atoms with Crippen LogP contribution in [0.5, 0.6) is 5.75 Å². The molecule has 0 heterocycles. The van der Waals surface area contributed by atoms with E-state index in [1.165, 1.54) is 6.08 Å². The van der Waals surface area contributed by atoms with E-state index in [4.69, 9.17) is 9.47 Å². The molecule has 2 aromatic carbocycles. The Balaban J connectivity index is 2.06. The van der Waals surface area contributed by atoms with E-state index in [0.29, 0.717) is 23.5 Å². The van der Waals surface area contributed by atoms with Crippen LogP contribution in [0.2, 0.25) is 0 Å². The number of carbonyl (C=O) groups excluding carboxylic acids is 2. The second-order valence-corrected chi connectivity index (χ2v) is 6.55. The number of carbonyl (C=O) groups is 2. The second kappa shape index (κ2) is 8.29. The maximum atomic E-state index is 11.7. The molecule has 2 rings (SSSR count). The number of hydrogen-bond acceptors (Lipinski definition) is 4. The third kappa shape index (κ3) is 6.26. The fourth-order valence-electron chi connectivity index (χ4n) is 2.13. The lowest BCUT2D eigenvalue weighted by molar-refractivity contribution is -0.148. The first kappa shape index (κ1) is 18.5. The molecule has 0 saturated heterocycles. The first-order valence-corrected chi connectivity index (χ1v) is 8.04. The van der Waals surface area contributed by atoms with Gasteiger partial charge in [-0.2, -0.15) is 0 Å². The third-order valence-electron chi connectivity index (χ3n) is 3.24. The molecule has 0 aliphatic rings. The van der Waals surface area contributed by atoms with Gasteiger partial charge >= 0.3 is 5.97 Å². The van der Waals surface area contributed by atoms with Crippen LogP contribution in [-0.4, -0.2) is 17.9 Å². The lowest BCUT2D eigenvalue weighted by Gasteiger charge is -2.17. The average Bonchev–Trinajstić information content (AvgIpc) is 2.58. The Morgan fingerprint density at radius 1 is 1.04 bits per heavy atom. The molecular formula is C21H22O4. The van der Waals surface area contributed by atoms with E-state index in [1.807, 2.05) is 30.3 Å². The number of esters is 1. The summed E-state index contributed by atoms with van der Waals surface area (Å²) in [6.07, 6.45) is 3.63. The summed E-state index contributed by atoms with van der Waals surface area (Å²) in [5, 5.41) is 0. The molecule has 0 aliphatic carbocycles. The highest BCUT2D eigenvalue weighted by atomic mass is 16.6. The van der Waals surface area contributed by atoms with E-state index in [2.05, 4.69) is 0 Å². The molecule has 0 bridgehead atoms. The van der Waals surface area contributed by atoms with Crippen LogP contribution in [0.1, 0.15) is 42.3 Å². The molecule has 25 heavy (non-hydrogen) atoms. The van der Waals surface area contributed by atoms with Crippen LogP contribution in [0.3, 0.4) is 0 Å². The maximum Gasteiger partial charge on any atom is 0.331 e. The SMILES string of the molecule is CC(C)(C)OC(=O)/C=C/c1ccc(OCc2ccccc2)cc1C=O. The fourth-order valence-corrected chi connectivity index (χ4v) is 2.13. The number of rotatable bonds is 6. The molecule has 2 aromatic rings. The van der Waals surface area contributed by atoms with Gasteiger partial charge in [0.25, 0.3) is 0 Å². The Morgan fingerprint density at radius 2 is 1.76 bits per heavy atom. The van der Waals surface area contributed by atoms with Crippen LogP contribution >= 0.6 is 0 Å². The van der Waals surface area contributed by atoms with Crippen LogP contribution in [0.15, 0.2) is 54.6 Å². The van der Waals surface area contributed by atoms with Gasteiger partial charge in [-0.15, -0.1) is 0 Å². The van der Waals surface area contributed by atoms with Crippen molar-refractivity contribution in [3.63, 3.8) is 0 Å². The van der Waals surface area contributed by atoms with Crippen molar-refractivity contribution in [2.24, 2.45) is 0 Å². The Hall–Kier alpha value is -2.88. The number of aldehydes is 1. The van der Waals surface area contributed by atoms with E-state index >= 15 is 0 Å². The normalized spacial score (nSPS) is 11.3. The van der Waals surface area contributed by atoms with Gasteiger partial charge in [-0.25, -0.2) is 4.79 Å². The molecule has 0 unspecified atom stereocenters. The standard InChI is InChI=1S/C21H22O4/c1-21(2,3)25-20(23)12-10-17-9-11-19(13-18(17)14-22)24-15-16-7-5-4-6-8-16/h4-14H,15H2,1-3H3/b12-10+. The number of hydrogen-bond donors (Lipinski definition) is 0. The zero-order valence-corrected chi connectivity index (χ0v) is 14.7. The zero-order chi connectivity index (χ0) is 18.3. The average molecular weight is 338 g/mol. The summed E-state index contributed by atoms with van der Waals surface area (Å²) in [5.74, 6) is 0.147. The third-order valence-corrected chi connectivity index (χ3v) is 3.24. The van der Waals surface area contributed by atoms with Crippen molar-refractivity contribution < 1.29 is 19.1 Å². The van der Waals surface area contributed by atoms with Crippen molar-refractivity contribution in [2.45, 2.75) is 33.0 Å². The van der Waals surface area contributed by atoms with Crippen LogP contribution in [0.25, 0.3) is 6.08 Å². The minimum absolute atomic E-state index is 0.423. The largest absolute Gasteiger partial charge is 0.489 e. The lowest BCUT2D eigenvalue weighted by Crippen LogP contribution is -2.22. The van der Waals surface area contributed by atoms with Gasteiger partial charge in [0.1, 0.15) is 18.0 Å². The Bertz CT molecular complexity index is 755. The quantitative estimate of drug-likeness (QED) is 0.444. The van der Waals surface area contributed by atoms with Gasteiger partial charge in [-0.1, -0.05) is 36.4 Å². The summed E-state index contributed by atoms with van der Waals surface area (Å²) < 4.78 is 10.9. The van der Waals surface area contributed by atoms with Crippen molar-refractivity contribution in [3.05, 3.63) is 71.3 Å². The number of benzene rings is 2. The van der Waals surface area contributed by atoms with E-state index in [1.54, 1.807) is 45.0 Å². The molecule has 0 atom stereocenters. The first-order chi connectivity index (χ1) is 11.9. The Morgan fingerprint density at radius 3 is 2.40 bits per heavy atom. The summed E-state index contributed by atoms with van der Waals surface area (Å²) in [7, 11) is 0. The molecule has 0 aromatic heterocycles. The zero-order valence-electron chi connectivity index (χ0n) is 14.7. The number of ether oxygens (including phenoxy) is 2. The molecule has 0 amide bonds. The van der Waals surface area contributed by atoms with Gasteiger partial charge in [0, 0.05) is 11.6 Å². The molecule has 4 heteroatoms. The fraction of sp³-hybridized carbons (Fsp3) is 0.238. The van der Waals surface area contributed by atoms with Crippen molar-refractivity contribution in [1.82, 2.24) is 0 Å². The van der Waals surface area contributed by atoms with E-state index in [9.17, 15) is 9.59 Å². The highest BCUT2D eigenvalue weighted by molar-refractivity contribution is 5.90. The molecule has 0 aliphatic heterocycles. The predicted molar refractivity (Wildman–Crippen MR) is 97.5 cm³/mol. The molecule has 0 fully saturated rings. The van der Waals surface area contributed by atoms with Crippen LogP contribution < -0.4 is 4.74 Å². The highest BCUT2D eigenvalue weighted by Gasteiger charge is 2.14. The van der Waals surface area contributed by atoms with Crippen LogP contribution in [0.4, 0.5) is 0 Å². The Labute approximate surface area is 148 Å². The van der Waals surface area contributed by atoms with Crippen LogP contribution in [-0.2, 0) is 16.1 Å². The van der Waals surface area contributed by atoms with E-state index in [0.717, 1.165) is 11.8 Å². The van der Waals surface area contributed by atoms with Gasteiger partial charge in [-0.3, -0.25) is 4.79 Å².